The van der Waals surface area contributed by atoms with Crippen LogP contribution < -0.4 is 10.2 Å². The standard InChI is InChI=1S/C26H24F5N9/c1-14-11-17(15(2)32-19-6-4-3-5-16(19)22-35-37-38-36-22)21-18(12-14)23-33-20(26(29,30)31)13-40(23)24(34-21)39-9-7-25(27,28)8-10-39/h3-6,11-13,15,32H,7-10H2,1-2H3,(H,35,36,37,38). The fourth-order valence-electron chi connectivity index (χ4n) is 5.10. The molecule has 9 nitrogen and oxygen atoms in total. The first-order chi connectivity index (χ1) is 19.0. The number of para-hydroxylation sites is 1. The van der Waals surface area contributed by atoms with Crippen molar-refractivity contribution < 1.29 is 22.0 Å². The quantitative estimate of drug-likeness (QED) is 0.264. The molecule has 1 aliphatic heterocycles. The first-order valence-electron chi connectivity index (χ1n) is 12.6. The van der Waals surface area contributed by atoms with Gasteiger partial charge in [0.2, 0.25) is 5.95 Å². The summed E-state index contributed by atoms with van der Waals surface area (Å²) in [6.07, 6.45) is -4.64. The number of hydrogen-bond acceptors (Lipinski definition) is 7. The van der Waals surface area contributed by atoms with Crippen LogP contribution in [0.15, 0.2) is 42.6 Å². The van der Waals surface area contributed by atoms with Crippen LogP contribution in [0.5, 0.6) is 0 Å². The zero-order valence-corrected chi connectivity index (χ0v) is 21.5. The van der Waals surface area contributed by atoms with E-state index >= 15 is 0 Å². The van der Waals surface area contributed by atoms with Crippen LogP contribution in [0.3, 0.4) is 0 Å². The number of anilines is 2. The van der Waals surface area contributed by atoms with Crippen LogP contribution in [-0.2, 0) is 6.18 Å². The zero-order valence-electron chi connectivity index (χ0n) is 21.5. The zero-order chi connectivity index (χ0) is 28.2. The summed E-state index contributed by atoms with van der Waals surface area (Å²) < 4.78 is 70.4. The molecular weight excluding hydrogens is 533 g/mol. The van der Waals surface area contributed by atoms with Crippen molar-refractivity contribution in [3.8, 4) is 11.4 Å². The minimum Gasteiger partial charge on any atom is -0.378 e. The Kier molecular flexibility index (Phi) is 6.07. The first-order valence-corrected chi connectivity index (χ1v) is 12.6. The van der Waals surface area contributed by atoms with Crippen LogP contribution in [0.1, 0.15) is 42.6 Å². The Balaban J connectivity index is 1.51. The molecule has 5 aromatic rings. The molecular formula is C26H24F5N9. The molecule has 2 aromatic carbocycles. The summed E-state index contributed by atoms with van der Waals surface area (Å²) in [7, 11) is 0. The summed E-state index contributed by atoms with van der Waals surface area (Å²) in [4.78, 5) is 10.3. The van der Waals surface area contributed by atoms with E-state index in [2.05, 4.69) is 30.9 Å². The molecule has 0 spiro atoms. The molecule has 1 saturated heterocycles. The molecule has 4 heterocycles. The van der Waals surface area contributed by atoms with Gasteiger partial charge in [-0.25, -0.2) is 23.8 Å². The Hall–Kier alpha value is -4.36. The second-order valence-electron chi connectivity index (χ2n) is 9.98. The van der Waals surface area contributed by atoms with Crippen LogP contribution in [0.2, 0.25) is 0 Å². The van der Waals surface area contributed by atoms with Gasteiger partial charge in [-0.1, -0.05) is 18.2 Å². The molecule has 208 valence electrons. The number of hydrogen-bond donors (Lipinski definition) is 2. The number of imidazole rings is 1. The lowest BCUT2D eigenvalue weighted by molar-refractivity contribution is -0.140. The van der Waals surface area contributed by atoms with Crippen molar-refractivity contribution in [1.29, 1.82) is 0 Å². The average molecular weight is 558 g/mol. The number of nitrogens with one attached hydrogen (secondary N) is 2. The van der Waals surface area contributed by atoms with Gasteiger partial charge in [0.15, 0.2) is 11.5 Å². The van der Waals surface area contributed by atoms with Crippen molar-refractivity contribution in [2.75, 3.05) is 23.3 Å². The van der Waals surface area contributed by atoms with E-state index in [1.54, 1.807) is 11.0 Å². The number of piperidine rings is 1. The number of fused-ring (bicyclic) bond motifs is 3. The number of aryl methyl sites for hydroxylation is 1. The third kappa shape index (κ3) is 4.67. The monoisotopic (exact) mass is 557 g/mol. The summed E-state index contributed by atoms with van der Waals surface area (Å²) in [6, 6.07) is 10.7. The van der Waals surface area contributed by atoms with E-state index in [0.29, 0.717) is 22.3 Å². The maximum atomic E-state index is 13.9. The number of alkyl halides is 5. The molecule has 0 radical (unpaired) electrons. The van der Waals surface area contributed by atoms with E-state index in [4.69, 9.17) is 4.98 Å². The van der Waals surface area contributed by atoms with E-state index < -0.39 is 30.6 Å². The molecule has 0 aliphatic carbocycles. The Morgan fingerprint density at radius 2 is 1.82 bits per heavy atom. The van der Waals surface area contributed by atoms with Crippen LogP contribution in [0.4, 0.5) is 33.6 Å². The Bertz CT molecular complexity index is 1680. The number of aromatic nitrogens is 7. The fourth-order valence-corrected chi connectivity index (χ4v) is 5.10. The van der Waals surface area contributed by atoms with E-state index in [9.17, 15) is 22.0 Å². The lowest BCUT2D eigenvalue weighted by atomic mass is 10.00. The van der Waals surface area contributed by atoms with Gasteiger partial charge in [-0.05, 0) is 48.0 Å². The summed E-state index contributed by atoms with van der Waals surface area (Å²) in [6.45, 7) is 3.65. The van der Waals surface area contributed by atoms with Crippen molar-refractivity contribution in [3.63, 3.8) is 0 Å². The lowest BCUT2D eigenvalue weighted by Gasteiger charge is -2.33. The van der Waals surface area contributed by atoms with Gasteiger partial charge < -0.3 is 10.2 Å². The van der Waals surface area contributed by atoms with Crippen molar-refractivity contribution in [3.05, 3.63) is 59.4 Å². The second-order valence-corrected chi connectivity index (χ2v) is 9.98. The number of H-pyrrole nitrogens is 1. The highest BCUT2D eigenvalue weighted by Gasteiger charge is 2.37. The molecule has 1 aliphatic rings. The largest absolute Gasteiger partial charge is 0.434 e. The van der Waals surface area contributed by atoms with Gasteiger partial charge in [-0.3, -0.25) is 4.40 Å². The SMILES string of the molecule is Cc1cc(C(C)Nc2ccccc2-c2nnn[nH]2)c2nc(N3CCC(F)(F)CC3)n3cc(C(F)(F)F)nc3c2c1. The summed E-state index contributed by atoms with van der Waals surface area (Å²) in [5.74, 6) is -2.22. The molecule has 6 rings (SSSR count). The van der Waals surface area contributed by atoms with Gasteiger partial charge in [0.05, 0.1) is 11.6 Å². The van der Waals surface area contributed by atoms with Gasteiger partial charge in [-0.15, -0.1) is 5.10 Å². The van der Waals surface area contributed by atoms with Crippen LogP contribution in [0.25, 0.3) is 27.9 Å². The molecule has 14 heteroatoms. The van der Waals surface area contributed by atoms with Crippen molar-refractivity contribution in [2.24, 2.45) is 0 Å². The number of halogens is 5. The smallest absolute Gasteiger partial charge is 0.378 e. The fraction of sp³-hybridized carbons (Fsp3) is 0.346. The minimum absolute atomic E-state index is 0.0479. The molecule has 0 amide bonds. The van der Waals surface area contributed by atoms with E-state index in [1.807, 2.05) is 44.2 Å². The van der Waals surface area contributed by atoms with E-state index in [1.165, 1.54) is 4.40 Å². The molecule has 0 bridgehead atoms. The van der Waals surface area contributed by atoms with Gasteiger partial charge in [0, 0.05) is 54.3 Å². The Labute approximate surface area is 224 Å². The summed E-state index contributed by atoms with van der Waals surface area (Å²) in [5, 5.41) is 17.9. The number of nitrogens with zero attached hydrogens (tertiary/aromatic N) is 7. The van der Waals surface area contributed by atoms with Crippen molar-refractivity contribution >= 4 is 28.2 Å². The Morgan fingerprint density at radius 3 is 2.52 bits per heavy atom. The number of benzene rings is 2. The molecule has 2 N–H and O–H groups in total. The summed E-state index contributed by atoms with van der Waals surface area (Å²) in [5.41, 5.74) is 2.39. The molecule has 40 heavy (non-hydrogen) atoms. The predicted molar refractivity (Wildman–Crippen MR) is 138 cm³/mol. The highest BCUT2D eigenvalue weighted by atomic mass is 19.4. The van der Waals surface area contributed by atoms with Gasteiger partial charge in [0.25, 0.3) is 5.92 Å². The number of tetrazole rings is 1. The van der Waals surface area contributed by atoms with E-state index in [0.717, 1.165) is 23.0 Å². The summed E-state index contributed by atoms with van der Waals surface area (Å²) >= 11 is 0. The first kappa shape index (κ1) is 25.9. The molecule has 3 aromatic heterocycles. The number of aromatic amines is 1. The number of rotatable bonds is 5. The molecule has 1 unspecified atom stereocenters. The molecule has 0 saturated carbocycles. The van der Waals surface area contributed by atoms with E-state index in [-0.39, 0.29) is 30.7 Å². The van der Waals surface area contributed by atoms with Crippen LogP contribution in [-0.4, -0.2) is 54.0 Å². The average Bonchev–Trinajstić information content (AvgIpc) is 3.59. The third-order valence-corrected chi connectivity index (χ3v) is 7.09. The van der Waals surface area contributed by atoms with Gasteiger partial charge >= 0.3 is 6.18 Å². The Morgan fingerprint density at radius 1 is 1.07 bits per heavy atom. The van der Waals surface area contributed by atoms with Crippen LogP contribution in [0, 0.1) is 6.92 Å². The predicted octanol–water partition coefficient (Wildman–Crippen LogP) is 5.80. The van der Waals surface area contributed by atoms with Crippen molar-refractivity contribution in [2.45, 2.75) is 44.8 Å². The minimum atomic E-state index is -4.69. The highest BCUT2D eigenvalue weighted by Crippen LogP contribution is 2.37. The molecule has 1 atom stereocenters. The third-order valence-electron chi connectivity index (χ3n) is 7.09. The maximum absolute atomic E-state index is 13.9. The second kappa shape index (κ2) is 9.38. The van der Waals surface area contributed by atoms with Gasteiger partial charge in [0.1, 0.15) is 5.65 Å². The topological polar surface area (TPSA) is 99.9 Å². The lowest BCUT2D eigenvalue weighted by Crippen LogP contribution is -2.40. The molecule has 1 fully saturated rings. The highest BCUT2D eigenvalue weighted by molar-refractivity contribution is 5.96. The van der Waals surface area contributed by atoms with Gasteiger partial charge in [-0.2, -0.15) is 13.2 Å². The normalized spacial score (nSPS) is 16.5. The maximum Gasteiger partial charge on any atom is 0.434 e. The van der Waals surface area contributed by atoms with Crippen LogP contribution >= 0.6 is 0 Å². The van der Waals surface area contributed by atoms with Crippen molar-refractivity contribution in [1.82, 2.24) is 35.0 Å².